The number of nitrogens with one attached hydrogen (secondary N) is 1. The fourth-order valence-electron chi connectivity index (χ4n) is 7.42. The summed E-state index contributed by atoms with van der Waals surface area (Å²) < 4.78 is 6.29. The molecule has 1 unspecified atom stereocenters. The second-order valence-corrected chi connectivity index (χ2v) is 12.6. The van der Waals surface area contributed by atoms with E-state index >= 15 is 0 Å². The van der Waals surface area contributed by atoms with E-state index in [0.29, 0.717) is 5.84 Å². The molecule has 0 saturated heterocycles. The number of para-hydroxylation sites is 1. The average Bonchev–Trinajstić information content (AvgIpc) is 3.56. The third-order valence-corrected chi connectivity index (χ3v) is 9.72. The summed E-state index contributed by atoms with van der Waals surface area (Å²) in [6.07, 6.45) is -0.351. The molecule has 1 aliphatic rings. The normalized spacial score (nSPS) is 14.7. The molecule has 0 saturated carbocycles. The van der Waals surface area contributed by atoms with Gasteiger partial charge in [-0.2, -0.15) is 0 Å². The summed E-state index contributed by atoms with van der Waals surface area (Å²) in [7, 11) is 0. The van der Waals surface area contributed by atoms with Crippen LogP contribution < -0.4 is 5.32 Å². The number of nitrogens with zero attached hydrogens (tertiary/aromatic N) is 2. The molecule has 10 rings (SSSR count). The van der Waals surface area contributed by atoms with E-state index in [9.17, 15) is 0 Å². The number of rotatable bonds is 4. The van der Waals surface area contributed by atoms with E-state index in [0.717, 1.165) is 61.0 Å². The second-order valence-electron chi connectivity index (χ2n) is 12.6. The van der Waals surface area contributed by atoms with Crippen LogP contribution in [-0.2, 0) is 0 Å². The molecule has 0 radical (unpaired) electrons. The van der Waals surface area contributed by atoms with Crippen molar-refractivity contribution in [2.45, 2.75) is 6.17 Å². The van der Waals surface area contributed by atoms with Crippen molar-refractivity contribution in [3.05, 3.63) is 180 Å². The Morgan fingerprint density at radius 2 is 1.10 bits per heavy atom. The minimum absolute atomic E-state index is 0.351. The Labute approximate surface area is 282 Å². The minimum Gasteiger partial charge on any atom is -0.456 e. The van der Waals surface area contributed by atoms with Crippen LogP contribution in [0.4, 0.5) is 0 Å². The highest BCUT2D eigenvalue weighted by Gasteiger charge is 2.25. The Bertz CT molecular complexity index is 2820. The first-order valence-electron chi connectivity index (χ1n) is 16.6. The van der Waals surface area contributed by atoms with Crippen LogP contribution in [0.2, 0.25) is 0 Å². The largest absolute Gasteiger partial charge is 0.456 e. The number of hydrogen-bond donors (Lipinski definition) is 1. The van der Waals surface area contributed by atoms with Crippen LogP contribution in [0.25, 0.3) is 65.4 Å². The van der Waals surface area contributed by atoms with E-state index in [1.807, 2.05) is 18.2 Å². The van der Waals surface area contributed by atoms with Crippen molar-refractivity contribution in [2.75, 3.05) is 0 Å². The Morgan fingerprint density at radius 3 is 1.98 bits per heavy atom. The van der Waals surface area contributed by atoms with E-state index in [4.69, 9.17) is 14.4 Å². The summed E-state index contributed by atoms with van der Waals surface area (Å²) in [6.45, 7) is 0. The van der Waals surface area contributed by atoms with Crippen LogP contribution in [0.3, 0.4) is 0 Å². The van der Waals surface area contributed by atoms with Gasteiger partial charge in [-0.1, -0.05) is 140 Å². The smallest absolute Gasteiger partial charge is 0.160 e. The fraction of sp³-hybridized carbons (Fsp3) is 0.0222. The standard InChI is InChI=1S/C45H29N3O/c1-2-13-29-26-31(25-24-28(29)12-1)43-46-44(48-45(47-43)39-27-30-14-3-4-15-32(30)33-16-5-6-17-34(33)39)37-19-8-7-18-35(37)36-21-11-23-41-42(36)38-20-9-10-22-40(38)49-41/h1-27,43H,(H,46,47,48). The molecule has 2 heterocycles. The van der Waals surface area contributed by atoms with Crippen molar-refractivity contribution in [3.8, 4) is 11.1 Å². The topological polar surface area (TPSA) is 49.9 Å². The number of amidine groups is 2. The number of furan rings is 1. The molecule has 1 atom stereocenters. The molecule has 8 aromatic carbocycles. The van der Waals surface area contributed by atoms with Gasteiger partial charge < -0.3 is 9.73 Å². The van der Waals surface area contributed by atoms with Crippen molar-refractivity contribution in [1.29, 1.82) is 0 Å². The summed E-state index contributed by atoms with van der Waals surface area (Å²) in [5.41, 5.74) is 6.98. The Hall–Kier alpha value is -6.52. The van der Waals surface area contributed by atoms with E-state index in [-0.39, 0.29) is 6.17 Å². The van der Waals surface area contributed by atoms with Crippen LogP contribution in [0.1, 0.15) is 22.9 Å². The summed E-state index contributed by atoms with van der Waals surface area (Å²) in [5, 5.41) is 13.1. The van der Waals surface area contributed by atoms with Gasteiger partial charge >= 0.3 is 0 Å². The number of fused-ring (bicyclic) bond motifs is 7. The molecule has 0 bridgehead atoms. The highest BCUT2D eigenvalue weighted by molar-refractivity contribution is 6.23. The van der Waals surface area contributed by atoms with E-state index in [2.05, 4.69) is 151 Å². The lowest BCUT2D eigenvalue weighted by atomic mass is 9.94. The minimum atomic E-state index is -0.351. The summed E-state index contributed by atoms with van der Waals surface area (Å²) in [4.78, 5) is 10.7. The van der Waals surface area contributed by atoms with E-state index in [1.165, 1.54) is 26.9 Å². The molecule has 0 fully saturated rings. The molecule has 1 aliphatic heterocycles. The average molecular weight is 628 g/mol. The predicted octanol–water partition coefficient (Wildman–Crippen LogP) is 11.2. The number of aliphatic imine (C=N–C) groups is 2. The van der Waals surface area contributed by atoms with Gasteiger partial charge in [0.25, 0.3) is 0 Å². The number of benzene rings is 8. The highest BCUT2D eigenvalue weighted by Crippen LogP contribution is 2.39. The van der Waals surface area contributed by atoms with Gasteiger partial charge in [0, 0.05) is 21.9 Å². The highest BCUT2D eigenvalue weighted by atomic mass is 16.3. The lowest BCUT2D eigenvalue weighted by Gasteiger charge is -2.25. The third kappa shape index (κ3) is 4.53. The van der Waals surface area contributed by atoms with Gasteiger partial charge in [-0.05, 0) is 73.3 Å². The molecule has 49 heavy (non-hydrogen) atoms. The van der Waals surface area contributed by atoms with Crippen molar-refractivity contribution in [2.24, 2.45) is 9.98 Å². The van der Waals surface area contributed by atoms with Gasteiger partial charge in [0.05, 0.1) is 0 Å². The van der Waals surface area contributed by atoms with Crippen molar-refractivity contribution < 1.29 is 4.42 Å². The molecule has 0 spiro atoms. The zero-order valence-electron chi connectivity index (χ0n) is 26.5. The maximum atomic E-state index is 6.29. The molecular weight excluding hydrogens is 599 g/mol. The van der Waals surface area contributed by atoms with Gasteiger partial charge in [-0.25, -0.2) is 9.98 Å². The van der Waals surface area contributed by atoms with Crippen molar-refractivity contribution in [1.82, 2.24) is 5.32 Å². The van der Waals surface area contributed by atoms with Gasteiger partial charge in [0.2, 0.25) is 0 Å². The Kier molecular flexibility index (Phi) is 6.21. The van der Waals surface area contributed by atoms with Crippen LogP contribution in [0, 0.1) is 0 Å². The van der Waals surface area contributed by atoms with Gasteiger partial charge in [0.15, 0.2) is 5.84 Å². The quantitative estimate of drug-likeness (QED) is 0.197. The fourth-order valence-corrected chi connectivity index (χ4v) is 7.42. The summed E-state index contributed by atoms with van der Waals surface area (Å²) in [5.74, 6) is 1.48. The first kappa shape index (κ1) is 27.6. The summed E-state index contributed by atoms with van der Waals surface area (Å²) >= 11 is 0. The van der Waals surface area contributed by atoms with Crippen LogP contribution in [0.5, 0.6) is 0 Å². The zero-order chi connectivity index (χ0) is 32.3. The monoisotopic (exact) mass is 627 g/mol. The Morgan fingerprint density at radius 1 is 0.449 bits per heavy atom. The molecule has 4 nitrogen and oxygen atoms in total. The molecule has 0 aliphatic carbocycles. The van der Waals surface area contributed by atoms with Crippen LogP contribution in [0.15, 0.2) is 178 Å². The SMILES string of the molecule is c1ccc(-c2cccc3oc4ccccc4c23)c(C2=NC(c3ccc4ccccc4c3)NC(c3cc4ccccc4c4ccccc34)=N2)c1. The second kappa shape index (κ2) is 11.0. The predicted molar refractivity (Wildman–Crippen MR) is 204 cm³/mol. The van der Waals surface area contributed by atoms with Gasteiger partial charge in [0.1, 0.15) is 23.2 Å². The first-order valence-corrected chi connectivity index (χ1v) is 16.6. The summed E-state index contributed by atoms with van der Waals surface area (Å²) in [6, 6.07) is 57.5. The molecular formula is C45H29N3O. The van der Waals surface area contributed by atoms with Crippen molar-refractivity contribution >= 4 is 65.9 Å². The van der Waals surface area contributed by atoms with E-state index < -0.39 is 0 Å². The lowest BCUT2D eigenvalue weighted by molar-refractivity contribution is 0.669. The molecule has 1 N–H and O–H groups in total. The Balaban J connectivity index is 1.22. The molecule has 9 aromatic rings. The van der Waals surface area contributed by atoms with Crippen molar-refractivity contribution in [3.63, 3.8) is 0 Å². The van der Waals surface area contributed by atoms with Crippen LogP contribution in [-0.4, -0.2) is 11.7 Å². The molecule has 4 heteroatoms. The van der Waals surface area contributed by atoms with Gasteiger partial charge in [-0.15, -0.1) is 0 Å². The molecule has 1 aromatic heterocycles. The third-order valence-electron chi connectivity index (χ3n) is 9.72. The van der Waals surface area contributed by atoms with Gasteiger partial charge in [-0.3, -0.25) is 0 Å². The van der Waals surface area contributed by atoms with E-state index in [1.54, 1.807) is 0 Å². The first-order chi connectivity index (χ1) is 24.3. The zero-order valence-corrected chi connectivity index (χ0v) is 26.5. The van der Waals surface area contributed by atoms with Crippen LogP contribution >= 0.6 is 0 Å². The molecule has 0 amide bonds. The molecule has 230 valence electrons. The number of hydrogen-bond acceptors (Lipinski definition) is 4. The lowest BCUT2D eigenvalue weighted by Crippen LogP contribution is -2.33. The maximum Gasteiger partial charge on any atom is 0.160 e. The maximum absolute atomic E-state index is 6.29.